The Balaban J connectivity index is 1.41. The van der Waals surface area contributed by atoms with Crippen molar-refractivity contribution in [2.45, 2.75) is 25.4 Å². The molecule has 2 aliphatic rings. The Bertz CT molecular complexity index is 1060. The maximum atomic E-state index is 6.55. The molecule has 2 aliphatic heterocycles. The summed E-state index contributed by atoms with van der Waals surface area (Å²) in [4.78, 5) is 7.08. The second-order valence-electron chi connectivity index (χ2n) is 7.53. The highest BCUT2D eigenvalue weighted by molar-refractivity contribution is 6.30. The van der Waals surface area contributed by atoms with Crippen LogP contribution in [0.1, 0.15) is 30.0 Å². The third-order valence-electron chi connectivity index (χ3n) is 5.74. The minimum absolute atomic E-state index is 0.341. The van der Waals surface area contributed by atoms with Crippen LogP contribution in [0.2, 0.25) is 5.15 Å². The Labute approximate surface area is 175 Å². The number of aromatic nitrogens is 1. The highest BCUT2D eigenvalue weighted by atomic mass is 35.5. The first-order valence-corrected chi connectivity index (χ1v) is 10.4. The molecule has 1 atom stereocenters. The molecule has 6 heteroatoms. The van der Waals surface area contributed by atoms with Gasteiger partial charge in [0, 0.05) is 29.6 Å². The number of methoxy groups -OCH3 is 1. The number of likely N-dealkylation sites (tertiary alicyclic amines) is 1. The molecule has 0 radical (unpaired) electrons. The summed E-state index contributed by atoms with van der Waals surface area (Å²) >= 11 is 6.55. The van der Waals surface area contributed by atoms with Gasteiger partial charge in [-0.2, -0.15) is 0 Å². The van der Waals surface area contributed by atoms with Crippen molar-refractivity contribution in [1.29, 1.82) is 0 Å². The zero-order chi connectivity index (χ0) is 19.8. The first kappa shape index (κ1) is 18.5. The van der Waals surface area contributed by atoms with Gasteiger partial charge in [-0.05, 0) is 55.3 Å². The molecule has 2 aromatic carbocycles. The van der Waals surface area contributed by atoms with Crippen molar-refractivity contribution >= 4 is 22.5 Å². The molecule has 3 heterocycles. The summed E-state index contributed by atoms with van der Waals surface area (Å²) in [7, 11) is 1.66. The van der Waals surface area contributed by atoms with Crippen molar-refractivity contribution in [1.82, 2.24) is 9.88 Å². The average Bonchev–Trinajstić information content (AvgIpc) is 3.21. The lowest BCUT2D eigenvalue weighted by molar-refractivity contribution is 0.170. The van der Waals surface area contributed by atoms with Crippen molar-refractivity contribution in [3.63, 3.8) is 0 Å². The lowest BCUT2D eigenvalue weighted by atomic mass is 10.0. The van der Waals surface area contributed by atoms with Gasteiger partial charge in [-0.1, -0.05) is 17.7 Å². The number of nitrogens with zero attached hydrogens (tertiary/aromatic N) is 2. The van der Waals surface area contributed by atoms with Crippen LogP contribution in [0.3, 0.4) is 0 Å². The molecule has 3 aromatic rings. The predicted octanol–water partition coefficient (Wildman–Crippen LogP) is 5.01. The molecule has 1 fully saturated rings. The number of fused-ring (bicyclic) bond motifs is 2. The van der Waals surface area contributed by atoms with Crippen molar-refractivity contribution in [2.24, 2.45) is 0 Å². The molecule has 29 heavy (non-hydrogen) atoms. The van der Waals surface area contributed by atoms with E-state index < -0.39 is 0 Å². The van der Waals surface area contributed by atoms with Gasteiger partial charge in [-0.25, -0.2) is 4.98 Å². The highest BCUT2D eigenvalue weighted by Gasteiger charge is 2.28. The molecule has 0 amide bonds. The van der Waals surface area contributed by atoms with Gasteiger partial charge >= 0.3 is 0 Å². The third kappa shape index (κ3) is 3.61. The predicted molar refractivity (Wildman–Crippen MR) is 113 cm³/mol. The zero-order valence-electron chi connectivity index (χ0n) is 16.4. The van der Waals surface area contributed by atoms with E-state index in [0.717, 1.165) is 59.6 Å². The zero-order valence-corrected chi connectivity index (χ0v) is 17.1. The Morgan fingerprint density at radius 2 is 1.97 bits per heavy atom. The average molecular weight is 411 g/mol. The van der Waals surface area contributed by atoms with Crippen LogP contribution >= 0.6 is 11.6 Å². The van der Waals surface area contributed by atoms with Crippen LogP contribution in [0.25, 0.3) is 10.9 Å². The van der Waals surface area contributed by atoms with E-state index in [1.807, 2.05) is 24.3 Å². The molecule has 0 saturated carbocycles. The van der Waals surface area contributed by atoms with Crippen molar-refractivity contribution in [3.8, 4) is 17.2 Å². The van der Waals surface area contributed by atoms with Gasteiger partial charge in [-0.15, -0.1) is 0 Å². The van der Waals surface area contributed by atoms with E-state index in [0.29, 0.717) is 24.4 Å². The van der Waals surface area contributed by atoms with Crippen LogP contribution in [0.15, 0.2) is 42.5 Å². The number of rotatable bonds is 4. The van der Waals surface area contributed by atoms with Gasteiger partial charge < -0.3 is 14.2 Å². The topological polar surface area (TPSA) is 43.8 Å². The molecule has 5 nitrogen and oxygen atoms in total. The number of benzene rings is 2. The maximum Gasteiger partial charge on any atom is 0.161 e. The molecule has 1 aromatic heterocycles. The molecule has 1 unspecified atom stereocenters. The summed E-state index contributed by atoms with van der Waals surface area (Å²) in [6.07, 6.45) is 2.28. The summed E-state index contributed by atoms with van der Waals surface area (Å²) in [5.74, 6) is 2.47. The lowest BCUT2D eigenvalue weighted by Crippen LogP contribution is -2.23. The van der Waals surface area contributed by atoms with E-state index in [2.05, 4.69) is 28.1 Å². The molecule has 0 N–H and O–H groups in total. The van der Waals surface area contributed by atoms with Crippen LogP contribution in [0, 0.1) is 0 Å². The van der Waals surface area contributed by atoms with E-state index in [1.165, 1.54) is 5.56 Å². The SMILES string of the molecule is COc1ccc2cc(CN3CCCC3c3ccc4c(c3)OCCO4)c(Cl)nc2c1. The van der Waals surface area contributed by atoms with Gasteiger partial charge in [-0.3, -0.25) is 4.90 Å². The number of hydrogen-bond acceptors (Lipinski definition) is 5. The Morgan fingerprint density at radius 1 is 1.10 bits per heavy atom. The number of ether oxygens (including phenoxy) is 3. The van der Waals surface area contributed by atoms with E-state index >= 15 is 0 Å². The fourth-order valence-corrected chi connectivity index (χ4v) is 4.49. The van der Waals surface area contributed by atoms with Crippen LogP contribution in [-0.2, 0) is 6.54 Å². The van der Waals surface area contributed by atoms with Gasteiger partial charge in [0.2, 0.25) is 0 Å². The number of hydrogen-bond donors (Lipinski definition) is 0. The fourth-order valence-electron chi connectivity index (χ4n) is 4.28. The standard InChI is InChI=1S/C23H23ClN2O3/c1-27-18-6-4-15-11-17(23(24)25-19(15)13-18)14-26-8-2-3-20(26)16-5-7-21-22(12-16)29-10-9-28-21/h4-7,11-13,20H,2-3,8-10,14H2,1H3. The van der Waals surface area contributed by atoms with Gasteiger partial charge in [0.15, 0.2) is 11.5 Å². The van der Waals surface area contributed by atoms with E-state index in [-0.39, 0.29) is 0 Å². The highest BCUT2D eigenvalue weighted by Crippen LogP contribution is 2.39. The van der Waals surface area contributed by atoms with Crippen LogP contribution in [0.5, 0.6) is 17.2 Å². The molecule has 5 rings (SSSR count). The summed E-state index contributed by atoms with van der Waals surface area (Å²) in [5, 5.41) is 1.62. The summed E-state index contributed by atoms with van der Waals surface area (Å²) in [6.45, 7) is 3.03. The van der Waals surface area contributed by atoms with E-state index in [1.54, 1.807) is 7.11 Å². The second kappa shape index (κ2) is 7.73. The smallest absolute Gasteiger partial charge is 0.161 e. The van der Waals surface area contributed by atoms with Crippen LogP contribution in [0.4, 0.5) is 0 Å². The van der Waals surface area contributed by atoms with Crippen LogP contribution in [-0.4, -0.2) is 36.8 Å². The normalized spacial score (nSPS) is 18.9. The first-order chi connectivity index (χ1) is 14.2. The quantitative estimate of drug-likeness (QED) is 0.566. The van der Waals surface area contributed by atoms with Gasteiger partial charge in [0.25, 0.3) is 0 Å². The Hall–Kier alpha value is -2.50. The molecule has 1 saturated heterocycles. The van der Waals surface area contributed by atoms with E-state index in [9.17, 15) is 0 Å². The second-order valence-corrected chi connectivity index (χ2v) is 7.89. The molecule has 0 aliphatic carbocycles. The molecule has 0 spiro atoms. The molecular weight excluding hydrogens is 388 g/mol. The summed E-state index contributed by atoms with van der Waals surface area (Å²) in [6, 6.07) is 14.7. The van der Waals surface area contributed by atoms with Crippen molar-refractivity contribution < 1.29 is 14.2 Å². The lowest BCUT2D eigenvalue weighted by Gasteiger charge is -2.27. The molecular formula is C23H23ClN2O3. The monoisotopic (exact) mass is 410 g/mol. The van der Waals surface area contributed by atoms with Gasteiger partial charge in [0.1, 0.15) is 24.1 Å². The summed E-state index contributed by atoms with van der Waals surface area (Å²) < 4.78 is 16.7. The largest absolute Gasteiger partial charge is 0.497 e. The maximum absolute atomic E-state index is 6.55. The summed E-state index contributed by atoms with van der Waals surface area (Å²) in [5.41, 5.74) is 3.16. The first-order valence-electron chi connectivity index (χ1n) is 9.98. The Morgan fingerprint density at radius 3 is 2.83 bits per heavy atom. The minimum Gasteiger partial charge on any atom is -0.497 e. The van der Waals surface area contributed by atoms with Crippen molar-refractivity contribution in [2.75, 3.05) is 26.9 Å². The van der Waals surface area contributed by atoms with Crippen molar-refractivity contribution in [3.05, 3.63) is 58.7 Å². The Kier molecular flexibility index (Phi) is 4.94. The fraction of sp³-hybridized carbons (Fsp3) is 0.348. The van der Waals surface area contributed by atoms with Gasteiger partial charge in [0.05, 0.1) is 12.6 Å². The number of halogens is 1. The van der Waals surface area contributed by atoms with Crippen LogP contribution < -0.4 is 14.2 Å². The molecule has 0 bridgehead atoms. The van der Waals surface area contributed by atoms with E-state index in [4.69, 9.17) is 25.8 Å². The third-order valence-corrected chi connectivity index (χ3v) is 6.07. The molecule has 150 valence electrons. The number of pyridine rings is 1. The minimum atomic E-state index is 0.341.